The topological polar surface area (TPSA) is 77.0 Å². The van der Waals surface area contributed by atoms with E-state index in [1.807, 2.05) is 45.0 Å². The minimum absolute atomic E-state index is 0.0421. The summed E-state index contributed by atoms with van der Waals surface area (Å²) in [6, 6.07) is 7.51. The highest BCUT2D eigenvalue weighted by Crippen LogP contribution is 2.23. The minimum atomic E-state index is -0.114. The SMILES string of the molecule is COc1nc2ccccc2nc1CCC(=O)NC(C)c1nc(C)sc1C. The average molecular weight is 370 g/mol. The summed E-state index contributed by atoms with van der Waals surface area (Å²) in [5.74, 6) is 0.426. The number of carbonyl (C=O) groups excluding carboxylic acids is 1. The lowest BCUT2D eigenvalue weighted by atomic mass is 10.1. The third-order valence-electron chi connectivity index (χ3n) is 4.12. The van der Waals surface area contributed by atoms with E-state index < -0.39 is 0 Å². The molecule has 1 amide bonds. The van der Waals surface area contributed by atoms with E-state index in [2.05, 4.69) is 20.3 Å². The number of thiazole rings is 1. The molecule has 1 aromatic carbocycles. The summed E-state index contributed by atoms with van der Waals surface area (Å²) in [6.45, 7) is 5.95. The third-order valence-corrected chi connectivity index (χ3v) is 5.02. The Labute approximate surface area is 156 Å². The Morgan fingerprint density at radius 1 is 1.19 bits per heavy atom. The number of fused-ring (bicyclic) bond motifs is 1. The molecule has 6 nitrogen and oxygen atoms in total. The molecule has 7 heteroatoms. The van der Waals surface area contributed by atoms with E-state index in [1.165, 1.54) is 0 Å². The first-order chi connectivity index (χ1) is 12.5. The number of benzene rings is 1. The number of aryl methyl sites for hydroxylation is 3. The molecule has 0 spiro atoms. The van der Waals surface area contributed by atoms with Crippen LogP contribution in [-0.2, 0) is 11.2 Å². The summed E-state index contributed by atoms with van der Waals surface area (Å²) < 4.78 is 5.34. The zero-order chi connectivity index (χ0) is 18.7. The highest BCUT2D eigenvalue weighted by Gasteiger charge is 2.17. The lowest BCUT2D eigenvalue weighted by Crippen LogP contribution is -2.27. The Kier molecular flexibility index (Phi) is 5.46. The number of amides is 1. The van der Waals surface area contributed by atoms with E-state index in [0.29, 0.717) is 24.4 Å². The lowest BCUT2D eigenvalue weighted by Gasteiger charge is -2.13. The summed E-state index contributed by atoms with van der Waals surface area (Å²) in [6.07, 6.45) is 0.782. The normalized spacial score (nSPS) is 12.2. The highest BCUT2D eigenvalue weighted by atomic mass is 32.1. The number of nitrogens with zero attached hydrogens (tertiary/aromatic N) is 3. The van der Waals surface area contributed by atoms with E-state index in [0.717, 1.165) is 26.6 Å². The third kappa shape index (κ3) is 3.99. The van der Waals surface area contributed by atoms with Crippen molar-refractivity contribution >= 4 is 28.3 Å². The van der Waals surface area contributed by atoms with Crippen LogP contribution in [0, 0.1) is 13.8 Å². The van der Waals surface area contributed by atoms with E-state index in [-0.39, 0.29) is 11.9 Å². The summed E-state index contributed by atoms with van der Waals surface area (Å²) >= 11 is 1.64. The number of nitrogens with one attached hydrogen (secondary N) is 1. The monoisotopic (exact) mass is 370 g/mol. The number of rotatable bonds is 6. The molecule has 0 bridgehead atoms. The molecule has 0 radical (unpaired) electrons. The highest BCUT2D eigenvalue weighted by molar-refractivity contribution is 7.11. The van der Waals surface area contributed by atoms with Crippen LogP contribution in [0.5, 0.6) is 5.88 Å². The van der Waals surface area contributed by atoms with Crippen molar-refractivity contribution in [3.8, 4) is 5.88 Å². The van der Waals surface area contributed by atoms with Gasteiger partial charge in [0.15, 0.2) is 0 Å². The van der Waals surface area contributed by atoms with Gasteiger partial charge in [0.25, 0.3) is 0 Å². The molecular formula is C19H22N4O2S. The minimum Gasteiger partial charge on any atom is -0.480 e. The second-order valence-corrected chi connectivity index (χ2v) is 7.54. The van der Waals surface area contributed by atoms with Crippen molar-refractivity contribution in [1.29, 1.82) is 0 Å². The van der Waals surface area contributed by atoms with Crippen LogP contribution in [0.1, 0.15) is 40.7 Å². The number of carbonyl (C=O) groups is 1. The maximum atomic E-state index is 12.4. The Morgan fingerprint density at radius 3 is 2.50 bits per heavy atom. The number of hydrogen-bond donors (Lipinski definition) is 1. The van der Waals surface area contributed by atoms with Gasteiger partial charge in [0.1, 0.15) is 5.69 Å². The Balaban J connectivity index is 1.67. The van der Waals surface area contributed by atoms with Crippen molar-refractivity contribution in [2.45, 2.75) is 39.7 Å². The molecule has 2 heterocycles. The maximum Gasteiger partial charge on any atom is 0.235 e. The fraction of sp³-hybridized carbons (Fsp3) is 0.368. The molecule has 1 unspecified atom stereocenters. The summed E-state index contributed by atoms with van der Waals surface area (Å²) in [5, 5.41) is 4.02. The predicted octanol–water partition coefficient (Wildman–Crippen LogP) is 3.52. The molecule has 2 aromatic heterocycles. The van der Waals surface area contributed by atoms with Crippen molar-refractivity contribution < 1.29 is 9.53 Å². The molecule has 3 aromatic rings. The predicted molar refractivity (Wildman–Crippen MR) is 103 cm³/mol. The van der Waals surface area contributed by atoms with Gasteiger partial charge in [0.05, 0.1) is 34.9 Å². The van der Waals surface area contributed by atoms with Gasteiger partial charge in [-0.25, -0.2) is 15.0 Å². The number of methoxy groups -OCH3 is 1. The van der Waals surface area contributed by atoms with Gasteiger partial charge < -0.3 is 10.1 Å². The molecule has 1 N–H and O–H groups in total. The van der Waals surface area contributed by atoms with Crippen molar-refractivity contribution in [2.24, 2.45) is 0 Å². The zero-order valence-electron chi connectivity index (χ0n) is 15.4. The summed E-state index contributed by atoms with van der Waals surface area (Å²) in [7, 11) is 1.57. The molecular weight excluding hydrogens is 348 g/mol. The standard InChI is InChI=1S/C19H22N4O2S/c1-11(18-12(2)26-13(3)21-18)20-17(24)10-9-16-19(25-4)23-15-8-6-5-7-14(15)22-16/h5-8,11H,9-10H2,1-4H3,(H,20,24). The van der Waals surface area contributed by atoms with Crippen LogP contribution in [-0.4, -0.2) is 28.0 Å². The van der Waals surface area contributed by atoms with Gasteiger partial charge in [-0.3, -0.25) is 4.79 Å². The first-order valence-electron chi connectivity index (χ1n) is 8.51. The Bertz CT molecular complexity index is 938. The summed E-state index contributed by atoms with van der Waals surface area (Å²) in [5.41, 5.74) is 3.20. The molecule has 1 atom stereocenters. The fourth-order valence-corrected chi connectivity index (χ4v) is 3.82. The van der Waals surface area contributed by atoms with Crippen LogP contribution in [0.15, 0.2) is 24.3 Å². The average Bonchev–Trinajstić information content (AvgIpc) is 2.97. The van der Waals surface area contributed by atoms with Gasteiger partial charge in [0.2, 0.25) is 11.8 Å². The largest absolute Gasteiger partial charge is 0.480 e. The molecule has 0 saturated carbocycles. The first kappa shape index (κ1) is 18.3. The second kappa shape index (κ2) is 7.78. The quantitative estimate of drug-likeness (QED) is 0.718. The Morgan fingerprint density at radius 2 is 1.88 bits per heavy atom. The van der Waals surface area contributed by atoms with E-state index >= 15 is 0 Å². The number of hydrogen-bond acceptors (Lipinski definition) is 6. The molecule has 0 aliphatic heterocycles. The molecule has 0 fully saturated rings. The zero-order valence-corrected chi connectivity index (χ0v) is 16.2. The van der Waals surface area contributed by atoms with Crippen LogP contribution in [0.3, 0.4) is 0 Å². The van der Waals surface area contributed by atoms with Crippen LogP contribution in [0.4, 0.5) is 0 Å². The Hall–Kier alpha value is -2.54. The van der Waals surface area contributed by atoms with Gasteiger partial charge in [0, 0.05) is 17.7 Å². The molecule has 0 aliphatic carbocycles. The lowest BCUT2D eigenvalue weighted by molar-refractivity contribution is -0.121. The maximum absolute atomic E-state index is 12.4. The number of ether oxygens (including phenoxy) is 1. The molecule has 3 rings (SSSR count). The number of para-hydroxylation sites is 2. The van der Waals surface area contributed by atoms with Crippen LogP contribution < -0.4 is 10.1 Å². The van der Waals surface area contributed by atoms with Gasteiger partial charge in [-0.05, 0) is 32.9 Å². The van der Waals surface area contributed by atoms with Gasteiger partial charge in [-0.15, -0.1) is 11.3 Å². The van der Waals surface area contributed by atoms with Gasteiger partial charge in [-0.2, -0.15) is 0 Å². The second-order valence-electron chi connectivity index (χ2n) is 6.13. The van der Waals surface area contributed by atoms with E-state index in [4.69, 9.17) is 4.74 Å². The number of aromatic nitrogens is 3. The van der Waals surface area contributed by atoms with Crippen molar-refractivity contribution in [2.75, 3.05) is 7.11 Å². The van der Waals surface area contributed by atoms with Gasteiger partial charge >= 0.3 is 0 Å². The van der Waals surface area contributed by atoms with Crippen LogP contribution >= 0.6 is 11.3 Å². The van der Waals surface area contributed by atoms with Crippen LogP contribution in [0.25, 0.3) is 11.0 Å². The van der Waals surface area contributed by atoms with Gasteiger partial charge in [-0.1, -0.05) is 12.1 Å². The molecule has 0 aliphatic rings. The molecule has 0 saturated heterocycles. The molecule has 26 heavy (non-hydrogen) atoms. The van der Waals surface area contributed by atoms with Crippen molar-refractivity contribution in [3.05, 3.63) is 45.5 Å². The fourth-order valence-electron chi connectivity index (χ4n) is 2.91. The van der Waals surface area contributed by atoms with E-state index in [9.17, 15) is 4.79 Å². The van der Waals surface area contributed by atoms with Crippen molar-refractivity contribution in [1.82, 2.24) is 20.3 Å². The summed E-state index contributed by atoms with van der Waals surface area (Å²) in [4.78, 5) is 27.1. The smallest absolute Gasteiger partial charge is 0.235 e. The van der Waals surface area contributed by atoms with Crippen molar-refractivity contribution in [3.63, 3.8) is 0 Å². The van der Waals surface area contributed by atoms with Crippen LogP contribution in [0.2, 0.25) is 0 Å². The first-order valence-corrected chi connectivity index (χ1v) is 9.32. The van der Waals surface area contributed by atoms with E-state index in [1.54, 1.807) is 18.4 Å². The molecule has 136 valence electrons.